The van der Waals surface area contributed by atoms with Crippen LogP contribution in [0.15, 0.2) is 36.4 Å². The fraction of sp³-hybridized carbons (Fsp3) is 0.235. The molecule has 4 heteroatoms. The Morgan fingerprint density at radius 3 is 2.67 bits per heavy atom. The third-order valence-electron chi connectivity index (χ3n) is 3.73. The SMILES string of the molecule is Cc1cccc(-c2nc3cc(F)ccc3n2C(C)C)c1N. The van der Waals surface area contributed by atoms with Crippen molar-refractivity contribution in [3.05, 3.63) is 47.8 Å². The minimum Gasteiger partial charge on any atom is -0.398 e. The summed E-state index contributed by atoms with van der Waals surface area (Å²) in [4.78, 5) is 4.61. The van der Waals surface area contributed by atoms with E-state index in [4.69, 9.17) is 5.73 Å². The maximum Gasteiger partial charge on any atom is 0.143 e. The van der Waals surface area contributed by atoms with Crippen LogP contribution in [0.3, 0.4) is 0 Å². The molecular formula is C17H18FN3. The molecule has 0 saturated heterocycles. The van der Waals surface area contributed by atoms with Gasteiger partial charge in [-0.25, -0.2) is 9.37 Å². The number of halogens is 1. The van der Waals surface area contributed by atoms with Gasteiger partial charge < -0.3 is 10.3 Å². The van der Waals surface area contributed by atoms with Crippen molar-refractivity contribution >= 4 is 16.7 Å². The summed E-state index contributed by atoms with van der Waals surface area (Å²) in [6.45, 7) is 6.14. The van der Waals surface area contributed by atoms with Crippen molar-refractivity contribution in [2.45, 2.75) is 26.8 Å². The third-order valence-corrected chi connectivity index (χ3v) is 3.73. The van der Waals surface area contributed by atoms with Crippen LogP contribution < -0.4 is 5.73 Å². The zero-order chi connectivity index (χ0) is 15.1. The van der Waals surface area contributed by atoms with Gasteiger partial charge >= 0.3 is 0 Å². The molecule has 1 heterocycles. The normalized spacial score (nSPS) is 11.5. The van der Waals surface area contributed by atoms with Crippen molar-refractivity contribution < 1.29 is 4.39 Å². The van der Waals surface area contributed by atoms with Crippen molar-refractivity contribution in [1.82, 2.24) is 9.55 Å². The zero-order valence-electron chi connectivity index (χ0n) is 12.4. The minimum atomic E-state index is -0.278. The van der Waals surface area contributed by atoms with E-state index in [9.17, 15) is 4.39 Å². The molecule has 1 aromatic heterocycles. The van der Waals surface area contributed by atoms with Gasteiger partial charge in [0, 0.05) is 23.4 Å². The van der Waals surface area contributed by atoms with E-state index in [0.29, 0.717) is 5.52 Å². The third kappa shape index (κ3) is 2.17. The van der Waals surface area contributed by atoms with Gasteiger partial charge in [-0.05, 0) is 44.5 Å². The number of nitrogens with two attached hydrogens (primary N) is 1. The lowest BCUT2D eigenvalue weighted by atomic mass is 10.1. The lowest BCUT2D eigenvalue weighted by Crippen LogP contribution is -2.05. The number of imidazole rings is 1. The average Bonchev–Trinajstić information content (AvgIpc) is 2.80. The number of rotatable bonds is 2. The van der Waals surface area contributed by atoms with Gasteiger partial charge in [-0.1, -0.05) is 12.1 Å². The lowest BCUT2D eigenvalue weighted by Gasteiger charge is -2.15. The first-order chi connectivity index (χ1) is 9.99. The number of hydrogen-bond acceptors (Lipinski definition) is 2. The molecule has 0 fully saturated rings. The molecule has 21 heavy (non-hydrogen) atoms. The fourth-order valence-electron chi connectivity index (χ4n) is 2.66. The van der Waals surface area contributed by atoms with Crippen LogP contribution in [0.25, 0.3) is 22.4 Å². The van der Waals surface area contributed by atoms with E-state index in [1.807, 2.05) is 25.1 Å². The van der Waals surface area contributed by atoms with Gasteiger partial charge in [0.05, 0.1) is 11.0 Å². The van der Waals surface area contributed by atoms with Gasteiger partial charge in [-0.2, -0.15) is 0 Å². The molecule has 2 aromatic carbocycles. The number of fused-ring (bicyclic) bond motifs is 1. The van der Waals surface area contributed by atoms with Crippen LogP contribution in [0.4, 0.5) is 10.1 Å². The molecule has 0 saturated carbocycles. The zero-order valence-corrected chi connectivity index (χ0v) is 12.4. The predicted molar refractivity (Wildman–Crippen MR) is 84.7 cm³/mol. The number of hydrogen-bond donors (Lipinski definition) is 1. The molecular weight excluding hydrogens is 265 g/mol. The number of nitrogen functional groups attached to an aromatic ring is 1. The second kappa shape index (κ2) is 4.88. The van der Waals surface area contributed by atoms with Crippen LogP contribution in [0.1, 0.15) is 25.5 Å². The average molecular weight is 283 g/mol. The maximum absolute atomic E-state index is 13.5. The Balaban J connectivity index is 2.36. The molecule has 3 rings (SSSR count). The Labute approximate surface area is 123 Å². The van der Waals surface area contributed by atoms with Crippen molar-refractivity contribution in [2.75, 3.05) is 5.73 Å². The van der Waals surface area contributed by atoms with Crippen LogP contribution in [0.5, 0.6) is 0 Å². The van der Waals surface area contributed by atoms with Gasteiger partial charge in [0.2, 0.25) is 0 Å². The Hall–Kier alpha value is -2.36. The number of para-hydroxylation sites is 1. The van der Waals surface area contributed by atoms with Crippen LogP contribution in [-0.2, 0) is 0 Å². The molecule has 0 unspecified atom stereocenters. The van der Waals surface area contributed by atoms with Crippen LogP contribution >= 0.6 is 0 Å². The fourth-order valence-corrected chi connectivity index (χ4v) is 2.66. The topological polar surface area (TPSA) is 43.8 Å². The standard InChI is InChI=1S/C17H18FN3/c1-10(2)21-15-8-7-12(18)9-14(15)20-17(21)13-6-4-5-11(3)16(13)19/h4-10H,19H2,1-3H3. The number of aryl methyl sites for hydroxylation is 1. The first kappa shape index (κ1) is 13.6. The summed E-state index contributed by atoms with van der Waals surface area (Å²) in [5.74, 6) is 0.506. The molecule has 3 nitrogen and oxygen atoms in total. The molecule has 0 aliphatic rings. The maximum atomic E-state index is 13.5. The van der Waals surface area contributed by atoms with Gasteiger partial charge in [0.15, 0.2) is 0 Å². The van der Waals surface area contributed by atoms with E-state index in [0.717, 1.165) is 28.2 Å². The molecule has 0 aliphatic heterocycles. The molecule has 0 spiro atoms. The number of nitrogens with zero attached hydrogens (tertiary/aromatic N) is 2. The van der Waals surface area contributed by atoms with Crippen LogP contribution in [0.2, 0.25) is 0 Å². The van der Waals surface area contributed by atoms with E-state index in [1.54, 1.807) is 6.07 Å². The van der Waals surface area contributed by atoms with Gasteiger partial charge in [-0.3, -0.25) is 0 Å². The van der Waals surface area contributed by atoms with E-state index in [1.165, 1.54) is 12.1 Å². The summed E-state index contributed by atoms with van der Waals surface area (Å²) in [6, 6.07) is 10.8. The highest BCUT2D eigenvalue weighted by atomic mass is 19.1. The van der Waals surface area contributed by atoms with Crippen molar-refractivity contribution in [2.24, 2.45) is 0 Å². The van der Waals surface area contributed by atoms with E-state index < -0.39 is 0 Å². The van der Waals surface area contributed by atoms with Gasteiger partial charge in [-0.15, -0.1) is 0 Å². The molecule has 0 aliphatic carbocycles. The smallest absolute Gasteiger partial charge is 0.143 e. The van der Waals surface area contributed by atoms with Crippen molar-refractivity contribution in [3.63, 3.8) is 0 Å². The number of anilines is 1. The molecule has 0 radical (unpaired) electrons. The first-order valence-corrected chi connectivity index (χ1v) is 7.02. The highest BCUT2D eigenvalue weighted by Gasteiger charge is 2.17. The summed E-state index contributed by atoms with van der Waals surface area (Å²) < 4.78 is 15.5. The molecule has 0 bridgehead atoms. The molecule has 2 N–H and O–H groups in total. The summed E-state index contributed by atoms with van der Waals surface area (Å²) in [5.41, 5.74) is 10.4. The second-order valence-electron chi connectivity index (χ2n) is 5.57. The van der Waals surface area contributed by atoms with E-state index in [2.05, 4.69) is 23.4 Å². The molecule has 3 aromatic rings. The molecule has 108 valence electrons. The Kier molecular flexibility index (Phi) is 3.16. The van der Waals surface area contributed by atoms with Crippen molar-refractivity contribution in [1.29, 1.82) is 0 Å². The summed E-state index contributed by atoms with van der Waals surface area (Å²) in [5, 5.41) is 0. The van der Waals surface area contributed by atoms with Crippen LogP contribution in [0, 0.1) is 12.7 Å². The van der Waals surface area contributed by atoms with Crippen molar-refractivity contribution in [3.8, 4) is 11.4 Å². The van der Waals surface area contributed by atoms with Gasteiger partial charge in [0.1, 0.15) is 11.6 Å². The number of benzene rings is 2. The summed E-state index contributed by atoms with van der Waals surface area (Å²) in [7, 11) is 0. The Bertz CT molecular complexity index is 818. The highest BCUT2D eigenvalue weighted by molar-refractivity contribution is 5.84. The lowest BCUT2D eigenvalue weighted by molar-refractivity contribution is 0.620. The minimum absolute atomic E-state index is 0.204. The molecule has 0 amide bonds. The Morgan fingerprint density at radius 1 is 1.19 bits per heavy atom. The van der Waals surface area contributed by atoms with Crippen LogP contribution in [-0.4, -0.2) is 9.55 Å². The first-order valence-electron chi connectivity index (χ1n) is 7.02. The summed E-state index contributed by atoms with van der Waals surface area (Å²) >= 11 is 0. The largest absolute Gasteiger partial charge is 0.398 e. The quantitative estimate of drug-likeness (QED) is 0.712. The summed E-state index contributed by atoms with van der Waals surface area (Å²) in [6.07, 6.45) is 0. The van der Waals surface area contributed by atoms with E-state index in [-0.39, 0.29) is 11.9 Å². The van der Waals surface area contributed by atoms with E-state index >= 15 is 0 Å². The molecule has 0 atom stereocenters. The monoisotopic (exact) mass is 283 g/mol. The highest BCUT2D eigenvalue weighted by Crippen LogP contribution is 2.33. The predicted octanol–water partition coefficient (Wildman–Crippen LogP) is 4.31. The Morgan fingerprint density at radius 2 is 1.95 bits per heavy atom. The number of aromatic nitrogens is 2. The van der Waals surface area contributed by atoms with Gasteiger partial charge in [0.25, 0.3) is 0 Å². The second-order valence-corrected chi connectivity index (χ2v) is 5.57.